The molecule has 0 saturated heterocycles. The van der Waals surface area contributed by atoms with Crippen LogP contribution in [-0.2, 0) is 0 Å². The summed E-state index contributed by atoms with van der Waals surface area (Å²) in [4.78, 5) is 0. The van der Waals surface area contributed by atoms with E-state index in [1.165, 1.54) is 44.3 Å². The number of thioether (sulfide) groups is 1. The molecule has 1 aliphatic carbocycles. The summed E-state index contributed by atoms with van der Waals surface area (Å²) in [5.74, 6) is 1.28. The molecule has 1 saturated carbocycles. The average molecular weight is 245 g/mol. The van der Waals surface area contributed by atoms with Crippen molar-refractivity contribution >= 4 is 11.8 Å². The van der Waals surface area contributed by atoms with Crippen LogP contribution in [0.4, 0.5) is 0 Å². The van der Waals surface area contributed by atoms with Crippen molar-refractivity contribution in [2.24, 2.45) is 0 Å². The fraction of sp³-hybridized carbons (Fsp3) is 1.00. The van der Waals surface area contributed by atoms with Crippen LogP contribution >= 0.6 is 11.8 Å². The van der Waals surface area contributed by atoms with Crippen molar-refractivity contribution in [2.45, 2.75) is 57.0 Å². The molecule has 0 aliphatic heterocycles. The molecule has 96 valence electrons. The number of nitrogens with one attached hydrogen (secondary N) is 1. The zero-order valence-corrected chi connectivity index (χ0v) is 11.5. The maximum atomic E-state index is 10.2. The fourth-order valence-corrected chi connectivity index (χ4v) is 2.87. The molecule has 0 aromatic rings. The highest BCUT2D eigenvalue weighted by Crippen LogP contribution is 2.27. The van der Waals surface area contributed by atoms with E-state index in [1.54, 1.807) is 0 Å². The molecule has 3 heteroatoms. The van der Waals surface area contributed by atoms with Crippen LogP contribution in [0.1, 0.15) is 51.4 Å². The lowest BCUT2D eigenvalue weighted by atomic mass is 9.85. The molecule has 0 radical (unpaired) electrons. The minimum Gasteiger partial charge on any atom is -0.389 e. The van der Waals surface area contributed by atoms with Gasteiger partial charge in [-0.1, -0.05) is 25.7 Å². The van der Waals surface area contributed by atoms with Gasteiger partial charge >= 0.3 is 0 Å². The first kappa shape index (κ1) is 14.3. The number of hydrogen-bond acceptors (Lipinski definition) is 3. The molecular formula is C13H27NOS. The number of hydrogen-bond donors (Lipinski definition) is 2. The van der Waals surface area contributed by atoms with Crippen LogP contribution in [0.2, 0.25) is 0 Å². The quantitative estimate of drug-likeness (QED) is 0.645. The Hall–Kier alpha value is 0.270. The van der Waals surface area contributed by atoms with Gasteiger partial charge in [0.1, 0.15) is 0 Å². The molecular weight excluding hydrogens is 218 g/mol. The number of rotatable bonds is 8. The van der Waals surface area contributed by atoms with Crippen molar-refractivity contribution in [3.05, 3.63) is 0 Å². The van der Waals surface area contributed by atoms with E-state index in [2.05, 4.69) is 11.6 Å². The number of unbranched alkanes of at least 4 members (excludes halogenated alkanes) is 2. The minimum absolute atomic E-state index is 0.391. The summed E-state index contributed by atoms with van der Waals surface area (Å²) >= 11 is 1.93. The van der Waals surface area contributed by atoms with Gasteiger partial charge in [-0.3, -0.25) is 0 Å². The lowest BCUT2D eigenvalue weighted by Crippen LogP contribution is -2.42. The van der Waals surface area contributed by atoms with E-state index in [0.717, 1.165) is 25.9 Å². The minimum atomic E-state index is -0.391. The topological polar surface area (TPSA) is 32.3 Å². The van der Waals surface area contributed by atoms with E-state index in [4.69, 9.17) is 0 Å². The van der Waals surface area contributed by atoms with Gasteiger partial charge in [-0.25, -0.2) is 0 Å². The highest BCUT2D eigenvalue weighted by Gasteiger charge is 2.28. The summed E-state index contributed by atoms with van der Waals surface area (Å²) in [6.07, 6.45) is 11.7. The Morgan fingerprint density at radius 3 is 2.56 bits per heavy atom. The maximum absolute atomic E-state index is 10.2. The fourth-order valence-electron chi connectivity index (χ4n) is 2.38. The molecule has 1 rings (SSSR count). The van der Waals surface area contributed by atoms with Gasteiger partial charge in [-0.2, -0.15) is 11.8 Å². The predicted octanol–water partition coefficient (Wildman–Crippen LogP) is 2.80. The summed E-state index contributed by atoms with van der Waals surface area (Å²) < 4.78 is 0. The van der Waals surface area contributed by atoms with Crippen molar-refractivity contribution in [3.8, 4) is 0 Å². The smallest absolute Gasteiger partial charge is 0.0771 e. The van der Waals surface area contributed by atoms with Gasteiger partial charge in [0, 0.05) is 6.54 Å². The lowest BCUT2D eigenvalue weighted by Gasteiger charge is -2.32. The Kier molecular flexibility index (Phi) is 7.50. The van der Waals surface area contributed by atoms with Crippen molar-refractivity contribution < 1.29 is 5.11 Å². The Labute approximate surface area is 105 Å². The molecule has 0 unspecified atom stereocenters. The van der Waals surface area contributed by atoms with Gasteiger partial charge in [0.15, 0.2) is 0 Å². The highest BCUT2D eigenvalue weighted by molar-refractivity contribution is 7.98. The summed E-state index contributed by atoms with van der Waals surface area (Å²) in [5, 5.41) is 13.7. The van der Waals surface area contributed by atoms with Crippen LogP contribution < -0.4 is 5.32 Å². The third-order valence-electron chi connectivity index (χ3n) is 3.44. The Morgan fingerprint density at radius 1 is 1.12 bits per heavy atom. The molecule has 1 fully saturated rings. The zero-order chi connectivity index (χ0) is 11.7. The van der Waals surface area contributed by atoms with E-state index in [0.29, 0.717) is 0 Å². The second kappa shape index (κ2) is 8.37. The van der Waals surface area contributed by atoms with Crippen LogP contribution in [0.3, 0.4) is 0 Å². The first-order valence-corrected chi connectivity index (χ1v) is 8.08. The van der Waals surface area contributed by atoms with Crippen molar-refractivity contribution in [2.75, 3.05) is 25.1 Å². The second-order valence-electron chi connectivity index (χ2n) is 5.02. The third-order valence-corrected chi connectivity index (χ3v) is 4.14. The average Bonchev–Trinajstić information content (AvgIpc) is 2.29. The summed E-state index contributed by atoms with van der Waals surface area (Å²) in [6.45, 7) is 1.87. The van der Waals surface area contributed by atoms with E-state index in [9.17, 15) is 5.11 Å². The van der Waals surface area contributed by atoms with E-state index in [-0.39, 0.29) is 0 Å². The Morgan fingerprint density at radius 2 is 1.88 bits per heavy atom. The van der Waals surface area contributed by atoms with Crippen LogP contribution in [0.5, 0.6) is 0 Å². The van der Waals surface area contributed by atoms with Crippen molar-refractivity contribution in [3.63, 3.8) is 0 Å². The van der Waals surface area contributed by atoms with Crippen molar-refractivity contribution in [1.82, 2.24) is 5.32 Å². The maximum Gasteiger partial charge on any atom is 0.0771 e. The Balaban J connectivity index is 1.93. The largest absolute Gasteiger partial charge is 0.389 e. The molecule has 0 heterocycles. The molecule has 16 heavy (non-hydrogen) atoms. The Bertz CT molecular complexity index is 169. The van der Waals surface area contributed by atoms with Gasteiger partial charge in [0.25, 0.3) is 0 Å². The summed E-state index contributed by atoms with van der Waals surface area (Å²) in [5.41, 5.74) is -0.391. The molecule has 2 N–H and O–H groups in total. The first-order valence-electron chi connectivity index (χ1n) is 6.69. The van der Waals surface area contributed by atoms with E-state index in [1.807, 2.05) is 11.8 Å². The zero-order valence-electron chi connectivity index (χ0n) is 10.6. The molecule has 0 bridgehead atoms. The summed E-state index contributed by atoms with van der Waals surface area (Å²) in [7, 11) is 0. The van der Waals surface area contributed by atoms with Crippen LogP contribution in [0.25, 0.3) is 0 Å². The molecule has 2 nitrogen and oxygen atoms in total. The second-order valence-corrected chi connectivity index (χ2v) is 6.00. The first-order chi connectivity index (χ1) is 7.77. The van der Waals surface area contributed by atoms with Gasteiger partial charge < -0.3 is 10.4 Å². The molecule has 0 aromatic heterocycles. The molecule has 0 atom stereocenters. The van der Waals surface area contributed by atoms with Crippen molar-refractivity contribution in [1.29, 1.82) is 0 Å². The predicted molar refractivity (Wildman–Crippen MR) is 73.1 cm³/mol. The molecule has 0 amide bonds. The number of aliphatic hydroxyl groups is 1. The van der Waals surface area contributed by atoms with Gasteiger partial charge in [0.2, 0.25) is 0 Å². The van der Waals surface area contributed by atoms with Crippen LogP contribution in [0.15, 0.2) is 0 Å². The summed E-state index contributed by atoms with van der Waals surface area (Å²) in [6, 6.07) is 0. The monoisotopic (exact) mass is 245 g/mol. The van der Waals surface area contributed by atoms with Gasteiger partial charge in [-0.05, 0) is 44.2 Å². The van der Waals surface area contributed by atoms with Gasteiger partial charge in [-0.15, -0.1) is 0 Å². The third kappa shape index (κ3) is 6.12. The molecule has 0 spiro atoms. The SMILES string of the molecule is CSCCCCCNCC1(O)CCCCC1. The van der Waals surface area contributed by atoms with Crippen LogP contribution in [0, 0.1) is 0 Å². The normalized spacial score (nSPS) is 19.9. The molecule has 1 aliphatic rings. The lowest BCUT2D eigenvalue weighted by molar-refractivity contribution is 0.00504. The van der Waals surface area contributed by atoms with E-state index >= 15 is 0 Å². The van der Waals surface area contributed by atoms with E-state index < -0.39 is 5.60 Å². The highest BCUT2D eigenvalue weighted by atomic mass is 32.2. The van der Waals surface area contributed by atoms with Crippen LogP contribution in [-0.4, -0.2) is 35.8 Å². The van der Waals surface area contributed by atoms with Gasteiger partial charge in [0.05, 0.1) is 5.60 Å². The molecule has 0 aromatic carbocycles. The standard InChI is InChI=1S/C13H27NOS/c1-16-11-7-3-6-10-14-12-13(15)8-4-2-5-9-13/h14-15H,2-12H2,1H3.